The van der Waals surface area contributed by atoms with Crippen LogP contribution in [-0.2, 0) is 30.3 Å². The zero-order valence-electron chi connectivity index (χ0n) is 16.5. The van der Waals surface area contributed by atoms with Gasteiger partial charge in [0.1, 0.15) is 5.60 Å². The van der Waals surface area contributed by atoms with Gasteiger partial charge in [-0.3, -0.25) is 9.59 Å². The van der Waals surface area contributed by atoms with E-state index in [9.17, 15) is 19.5 Å². The predicted molar refractivity (Wildman–Crippen MR) is 102 cm³/mol. The molecular weight excluding hydrogens is 364 g/mol. The van der Waals surface area contributed by atoms with Crippen LogP contribution in [0.5, 0.6) is 0 Å². The second-order valence-corrected chi connectivity index (χ2v) is 8.20. The molecule has 0 radical (unpaired) electrons. The van der Waals surface area contributed by atoms with Gasteiger partial charge in [0.25, 0.3) is 5.91 Å². The van der Waals surface area contributed by atoms with E-state index >= 15 is 0 Å². The lowest BCUT2D eigenvalue weighted by atomic mass is 9.94. The van der Waals surface area contributed by atoms with Crippen LogP contribution in [0.4, 0.5) is 11.4 Å². The number of hydrogen-bond acceptors (Lipinski definition) is 6. The highest BCUT2D eigenvalue weighted by atomic mass is 16.6. The van der Waals surface area contributed by atoms with Gasteiger partial charge in [0, 0.05) is 23.8 Å². The SMILES string of the molecule is CC1Cc2ccc(N3CCO[C@H]([C@@H](O)C(=O)OC(C)(C)C)C3=O)cc2NC1=O. The van der Waals surface area contributed by atoms with Crippen molar-refractivity contribution < 1.29 is 29.0 Å². The largest absolute Gasteiger partial charge is 0.458 e. The summed E-state index contributed by atoms with van der Waals surface area (Å²) in [5.74, 6) is -1.59. The van der Waals surface area contributed by atoms with E-state index in [-0.39, 0.29) is 25.0 Å². The van der Waals surface area contributed by atoms with Gasteiger partial charge >= 0.3 is 5.97 Å². The van der Waals surface area contributed by atoms with Crippen LogP contribution < -0.4 is 10.2 Å². The number of anilines is 2. The molecule has 1 unspecified atom stereocenters. The van der Waals surface area contributed by atoms with Crippen molar-refractivity contribution in [3.05, 3.63) is 23.8 Å². The Morgan fingerprint density at radius 2 is 2.07 bits per heavy atom. The summed E-state index contributed by atoms with van der Waals surface area (Å²) in [4.78, 5) is 38.4. The van der Waals surface area contributed by atoms with Crippen LogP contribution in [0.1, 0.15) is 33.3 Å². The van der Waals surface area contributed by atoms with E-state index in [4.69, 9.17) is 9.47 Å². The minimum atomic E-state index is -1.72. The zero-order chi connectivity index (χ0) is 20.6. The first-order valence-corrected chi connectivity index (χ1v) is 9.34. The Bertz CT molecular complexity index is 800. The average molecular weight is 390 g/mol. The van der Waals surface area contributed by atoms with E-state index in [2.05, 4.69) is 5.32 Å². The Morgan fingerprint density at radius 1 is 1.36 bits per heavy atom. The quantitative estimate of drug-likeness (QED) is 0.753. The van der Waals surface area contributed by atoms with Crippen LogP contribution in [0, 0.1) is 5.92 Å². The molecule has 8 heteroatoms. The standard InChI is InChI=1S/C20H26N2O6/c1-11-9-12-5-6-13(10-14(12)21-17(11)24)22-7-8-27-16(18(22)25)15(23)19(26)28-20(2,3)4/h5-6,10-11,15-16,23H,7-9H2,1-4H3,(H,21,24)/t11?,15-,16-/m1/s1. The van der Waals surface area contributed by atoms with Crippen molar-refractivity contribution in [1.82, 2.24) is 0 Å². The van der Waals surface area contributed by atoms with Crippen LogP contribution in [0.2, 0.25) is 0 Å². The Hall–Kier alpha value is -2.45. The molecule has 0 spiro atoms. The van der Waals surface area contributed by atoms with Crippen molar-refractivity contribution in [2.45, 2.75) is 51.9 Å². The summed E-state index contributed by atoms with van der Waals surface area (Å²) >= 11 is 0. The maximum atomic E-state index is 12.9. The van der Waals surface area contributed by atoms with E-state index < -0.39 is 29.7 Å². The summed E-state index contributed by atoms with van der Waals surface area (Å²) in [6, 6.07) is 5.41. The third-order valence-corrected chi connectivity index (χ3v) is 4.69. The van der Waals surface area contributed by atoms with Gasteiger partial charge < -0.3 is 24.8 Å². The summed E-state index contributed by atoms with van der Waals surface area (Å²) in [5.41, 5.74) is 1.46. The minimum Gasteiger partial charge on any atom is -0.458 e. The molecule has 1 aromatic carbocycles. The number of ether oxygens (including phenoxy) is 2. The molecule has 3 atom stereocenters. The summed E-state index contributed by atoms with van der Waals surface area (Å²) in [6.07, 6.45) is -2.42. The first-order valence-electron chi connectivity index (χ1n) is 9.34. The highest BCUT2D eigenvalue weighted by Gasteiger charge is 2.41. The topological polar surface area (TPSA) is 105 Å². The molecule has 0 bridgehead atoms. The molecule has 28 heavy (non-hydrogen) atoms. The van der Waals surface area contributed by atoms with Gasteiger partial charge in [-0.15, -0.1) is 0 Å². The Balaban J connectivity index is 1.78. The third-order valence-electron chi connectivity index (χ3n) is 4.69. The van der Waals surface area contributed by atoms with Crippen LogP contribution in [0.3, 0.4) is 0 Å². The van der Waals surface area contributed by atoms with Crippen molar-refractivity contribution in [3.63, 3.8) is 0 Å². The number of carbonyl (C=O) groups excluding carboxylic acids is 3. The molecule has 8 nitrogen and oxygen atoms in total. The molecule has 1 saturated heterocycles. The number of benzene rings is 1. The molecule has 0 aliphatic carbocycles. The number of aliphatic hydroxyl groups is 1. The number of amides is 2. The van der Waals surface area contributed by atoms with E-state index in [1.165, 1.54) is 4.90 Å². The Kier molecular flexibility index (Phi) is 5.45. The molecule has 2 N–H and O–H groups in total. The van der Waals surface area contributed by atoms with Crippen LogP contribution in [0.25, 0.3) is 0 Å². The fourth-order valence-corrected chi connectivity index (χ4v) is 3.28. The van der Waals surface area contributed by atoms with Gasteiger partial charge in [0.15, 0.2) is 12.2 Å². The van der Waals surface area contributed by atoms with Crippen molar-refractivity contribution in [2.24, 2.45) is 5.92 Å². The second-order valence-electron chi connectivity index (χ2n) is 8.20. The molecule has 2 heterocycles. The number of nitrogens with one attached hydrogen (secondary N) is 1. The zero-order valence-corrected chi connectivity index (χ0v) is 16.5. The highest BCUT2D eigenvalue weighted by molar-refractivity contribution is 6.02. The maximum Gasteiger partial charge on any atom is 0.338 e. The van der Waals surface area contributed by atoms with Crippen LogP contribution in [0.15, 0.2) is 18.2 Å². The van der Waals surface area contributed by atoms with Crippen LogP contribution in [-0.4, -0.2) is 53.9 Å². The van der Waals surface area contributed by atoms with Gasteiger partial charge in [-0.25, -0.2) is 4.79 Å². The van der Waals surface area contributed by atoms with E-state index in [0.717, 1.165) is 5.56 Å². The summed E-state index contributed by atoms with van der Waals surface area (Å²) < 4.78 is 10.5. The fraction of sp³-hybridized carbons (Fsp3) is 0.550. The monoisotopic (exact) mass is 390 g/mol. The van der Waals surface area contributed by atoms with Gasteiger partial charge in [-0.2, -0.15) is 0 Å². The lowest BCUT2D eigenvalue weighted by Gasteiger charge is -2.35. The maximum absolute atomic E-state index is 12.9. The van der Waals surface area contributed by atoms with Gasteiger partial charge in [0.2, 0.25) is 5.91 Å². The molecule has 2 amide bonds. The summed E-state index contributed by atoms with van der Waals surface area (Å²) in [5, 5.41) is 13.1. The number of fused-ring (bicyclic) bond motifs is 1. The molecule has 152 valence electrons. The second kappa shape index (κ2) is 7.52. The van der Waals surface area contributed by atoms with E-state index in [1.807, 2.05) is 13.0 Å². The fourth-order valence-electron chi connectivity index (χ4n) is 3.28. The Labute approximate surface area is 163 Å². The third kappa shape index (κ3) is 4.18. The number of morpholine rings is 1. The van der Waals surface area contributed by atoms with Crippen molar-refractivity contribution in [3.8, 4) is 0 Å². The molecule has 1 fully saturated rings. The van der Waals surface area contributed by atoms with Gasteiger partial charge in [0.05, 0.1) is 6.61 Å². The minimum absolute atomic E-state index is 0.0591. The number of aliphatic hydroxyl groups excluding tert-OH is 1. The summed E-state index contributed by atoms with van der Waals surface area (Å²) in [6.45, 7) is 7.33. The number of carbonyl (C=O) groups is 3. The number of esters is 1. The average Bonchev–Trinajstić information content (AvgIpc) is 2.60. The lowest BCUT2D eigenvalue weighted by Crippen LogP contribution is -2.55. The molecular formula is C20H26N2O6. The first kappa shape index (κ1) is 20.3. The number of nitrogens with zero attached hydrogens (tertiary/aromatic N) is 1. The van der Waals surface area contributed by atoms with Gasteiger partial charge in [-0.1, -0.05) is 13.0 Å². The molecule has 3 rings (SSSR count). The molecule has 0 aromatic heterocycles. The van der Waals surface area contributed by atoms with E-state index in [0.29, 0.717) is 17.8 Å². The van der Waals surface area contributed by atoms with Crippen molar-refractivity contribution in [1.29, 1.82) is 0 Å². The smallest absolute Gasteiger partial charge is 0.338 e. The Morgan fingerprint density at radius 3 is 2.75 bits per heavy atom. The number of hydrogen-bond donors (Lipinski definition) is 2. The van der Waals surface area contributed by atoms with E-state index in [1.54, 1.807) is 32.9 Å². The van der Waals surface area contributed by atoms with Crippen LogP contribution >= 0.6 is 0 Å². The first-order chi connectivity index (χ1) is 13.1. The summed E-state index contributed by atoms with van der Waals surface area (Å²) in [7, 11) is 0. The van der Waals surface area contributed by atoms with Crippen molar-refractivity contribution >= 4 is 29.2 Å². The lowest BCUT2D eigenvalue weighted by molar-refractivity contribution is -0.177. The molecule has 2 aliphatic heterocycles. The molecule has 2 aliphatic rings. The highest BCUT2D eigenvalue weighted by Crippen LogP contribution is 2.31. The van der Waals surface area contributed by atoms with Crippen molar-refractivity contribution in [2.75, 3.05) is 23.4 Å². The number of rotatable bonds is 3. The normalized spacial score (nSPS) is 23.7. The molecule has 0 saturated carbocycles. The van der Waals surface area contributed by atoms with Gasteiger partial charge in [-0.05, 0) is 44.9 Å². The molecule has 1 aromatic rings. The predicted octanol–water partition coefficient (Wildman–Crippen LogP) is 1.25.